The molecule has 3 rings (SSSR count). The van der Waals surface area contributed by atoms with Crippen LogP contribution in [0.3, 0.4) is 0 Å². The Labute approximate surface area is 184 Å². The maximum atomic E-state index is 12.6. The largest absolute Gasteiger partial charge is 0.465 e. The Morgan fingerprint density at radius 3 is 2.65 bits per heavy atom. The Bertz CT molecular complexity index is 1080. The number of anilines is 1. The first-order chi connectivity index (χ1) is 14.4. The first-order valence-electron chi connectivity index (χ1n) is 9.71. The maximum Gasteiger partial charge on any atom is 0.341 e. The lowest BCUT2D eigenvalue weighted by molar-refractivity contribution is -0.384. The average molecular weight is 444 g/mol. The molecule has 0 saturated heterocycles. The lowest BCUT2D eigenvalue weighted by atomic mass is 9.81. The first-order valence-corrected chi connectivity index (χ1v) is 10.5. The van der Waals surface area contributed by atoms with Crippen molar-refractivity contribution in [3.05, 3.63) is 62.0 Å². The van der Waals surface area contributed by atoms with Gasteiger partial charge in [-0.3, -0.25) is 14.9 Å². The second-order valence-corrected chi connectivity index (χ2v) is 9.61. The fraction of sp³-hybridized carbons (Fsp3) is 0.364. The number of amides is 1. The molecule has 0 saturated carbocycles. The summed E-state index contributed by atoms with van der Waals surface area (Å²) in [5.41, 5.74) is 1.11. The monoisotopic (exact) mass is 443 g/mol. The molecule has 0 aliphatic carbocycles. The number of nitro benzene ring substituents is 1. The third kappa shape index (κ3) is 4.83. The van der Waals surface area contributed by atoms with Gasteiger partial charge in [0.05, 0.1) is 17.6 Å². The summed E-state index contributed by atoms with van der Waals surface area (Å²) in [4.78, 5) is 36.6. The number of non-ortho nitro benzene ring substituents is 1. The number of fused-ring (bicyclic) bond motifs is 1. The van der Waals surface area contributed by atoms with Crippen molar-refractivity contribution in [1.82, 2.24) is 5.32 Å². The number of benzene rings is 1. The molecular weight excluding hydrogens is 418 g/mol. The summed E-state index contributed by atoms with van der Waals surface area (Å²) in [6.07, 6.45) is 3.39. The predicted octanol–water partition coefficient (Wildman–Crippen LogP) is 4.25. The topological polar surface area (TPSA) is 111 Å². The van der Waals surface area contributed by atoms with Gasteiger partial charge < -0.3 is 15.4 Å². The summed E-state index contributed by atoms with van der Waals surface area (Å²) in [5.74, 6) is -0.941. The molecule has 1 aromatic heterocycles. The number of ether oxygens (including phenoxy) is 1. The van der Waals surface area contributed by atoms with Gasteiger partial charge in [0.2, 0.25) is 5.91 Å². The quantitative estimate of drug-likeness (QED) is 0.309. The van der Waals surface area contributed by atoms with Gasteiger partial charge in [-0.2, -0.15) is 0 Å². The van der Waals surface area contributed by atoms with Gasteiger partial charge in [-0.1, -0.05) is 12.1 Å². The third-order valence-electron chi connectivity index (χ3n) is 4.98. The second-order valence-electron chi connectivity index (χ2n) is 8.59. The van der Waals surface area contributed by atoms with Crippen molar-refractivity contribution < 1.29 is 19.2 Å². The highest BCUT2D eigenvalue weighted by Gasteiger charge is 2.42. The van der Waals surface area contributed by atoms with E-state index in [4.69, 9.17) is 4.74 Å². The smallest absolute Gasteiger partial charge is 0.341 e. The minimum atomic E-state index is -0.496. The van der Waals surface area contributed by atoms with Crippen LogP contribution in [0.25, 0.3) is 6.08 Å². The number of rotatable bonds is 5. The van der Waals surface area contributed by atoms with Gasteiger partial charge in [-0.05, 0) is 51.3 Å². The molecule has 2 N–H and O–H groups in total. The van der Waals surface area contributed by atoms with Crippen molar-refractivity contribution in [2.75, 3.05) is 12.4 Å². The van der Waals surface area contributed by atoms with E-state index in [1.54, 1.807) is 12.1 Å². The van der Waals surface area contributed by atoms with Gasteiger partial charge in [-0.15, -0.1) is 11.3 Å². The Kier molecular flexibility index (Phi) is 6.02. The van der Waals surface area contributed by atoms with Gasteiger partial charge in [-0.25, -0.2) is 4.79 Å². The van der Waals surface area contributed by atoms with Crippen molar-refractivity contribution in [2.45, 2.75) is 45.2 Å². The molecule has 0 radical (unpaired) electrons. The van der Waals surface area contributed by atoms with Crippen molar-refractivity contribution >= 4 is 40.0 Å². The summed E-state index contributed by atoms with van der Waals surface area (Å²) in [5, 5.41) is 17.7. The van der Waals surface area contributed by atoms with Crippen LogP contribution in [0.4, 0.5) is 10.7 Å². The summed E-state index contributed by atoms with van der Waals surface area (Å²) in [6.45, 7) is 8.21. The Morgan fingerprint density at radius 1 is 1.29 bits per heavy atom. The number of hydrogen-bond acceptors (Lipinski definition) is 7. The van der Waals surface area contributed by atoms with Crippen molar-refractivity contribution in [2.24, 2.45) is 0 Å². The lowest BCUT2D eigenvalue weighted by Crippen LogP contribution is -2.55. The summed E-state index contributed by atoms with van der Waals surface area (Å²) in [7, 11) is 1.32. The zero-order valence-corrected chi connectivity index (χ0v) is 18.9. The Balaban J connectivity index is 1.92. The van der Waals surface area contributed by atoms with Crippen LogP contribution in [0.15, 0.2) is 30.3 Å². The van der Waals surface area contributed by atoms with Crippen molar-refractivity contribution in [3.63, 3.8) is 0 Å². The average Bonchev–Trinajstić information content (AvgIpc) is 3.03. The SMILES string of the molecule is COC(=O)c1c(NC(=O)C=Cc2cccc([N+](=O)[O-])c2)sc2c1CC(C)(C)NC2(C)C. The molecular formula is C22H25N3O5S. The number of esters is 1. The summed E-state index contributed by atoms with van der Waals surface area (Å²) >= 11 is 1.35. The molecule has 1 amide bonds. The maximum absolute atomic E-state index is 12.6. The number of nitrogens with one attached hydrogen (secondary N) is 2. The number of nitro groups is 1. The number of carbonyl (C=O) groups is 2. The van der Waals surface area contributed by atoms with E-state index < -0.39 is 16.8 Å². The van der Waals surface area contributed by atoms with Crippen LogP contribution in [0, 0.1) is 10.1 Å². The lowest BCUT2D eigenvalue weighted by Gasteiger charge is -2.42. The Morgan fingerprint density at radius 2 is 2.00 bits per heavy atom. The molecule has 0 bridgehead atoms. The van der Waals surface area contributed by atoms with E-state index in [-0.39, 0.29) is 16.8 Å². The number of carbonyl (C=O) groups excluding carboxylic acids is 2. The van der Waals surface area contributed by atoms with Crippen molar-refractivity contribution in [1.29, 1.82) is 0 Å². The van der Waals surface area contributed by atoms with Crippen molar-refractivity contribution in [3.8, 4) is 0 Å². The van der Waals surface area contributed by atoms with E-state index in [2.05, 4.69) is 24.5 Å². The fourth-order valence-corrected chi connectivity index (χ4v) is 5.27. The zero-order valence-electron chi connectivity index (χ0n) is 18.1. The first kappa shape index (κ1) is 22.6. The standard InChI is InChI=1S/C22H25N3O5S/c1-21(2)12-15-17(20(27)30-5)19(31-18(15)22(3,4)24-21)23-16(26)10-9-13-7-6-8-14(11-13)25(28)29/h6-11,24H,12H2,1-5H3,(H,23,26). The highest BCUT2D eigenvalue weighted by molar-refractivity contribution is 7.17. The van der Waals surface area contributed by atoms with Crippen LogP contribution in [0.1, 0.15) is 54.1 Å². The normalized spacial score (nSPS) is 16.5. The fourth-order valence-electron chi connectivity index (χ4n) is 4.00. The van der Waals surface area contributed by atoms with Gasteiger partial charge in [0.25, 0.3) is 5.69 Å². The van der Waals surface area contributed by atoms with E-state index in [1.165, 1.54) is 42.7 Å². The number of thiophene rings is 1. The van der Waals surface area contributed by atoms with E-state index in [9.17, 15) is 19.7 Å². The van der Waals surface area contributed by atoms with E-state index in [1.807, 2.05) is 13.8 Å². The van der Waals surface area contributed by atoms with Gasteiger partial charge in [0.15, 0.2) is 0 Å². The van der Waals surface area contributed by atoms with Crippen LogP contribution in [0.2, 0.25) is 0 Å². The molecule has 0 unspecified atom stereocenters. The molecule has 0 atom stereocenters. The molecule has 0 fully saturated rings. The summed E-state index contributed by atoms with van der Waals surface area (Å²) in [6, 6.07) is 5.98. The number of methoxy groups -OCH3 is 1. The highest BCUT2D eigenvalue weighted by atomic mass is 32.1. The van der Waals surface area contributed by atoms with Crippen LogP contribution in [-0.2, 0) is 21.5 Å². The minimum Gasteiger partial charge on any atom is -0.465 e. The molecule has 9 heteroatoms. The van der Waals surface area contributed by atoms with Gasteiger partial charge >= 0.3 is 5.97 Å². The predicted molar refractivity (Wildman–Crippen MR) is 120 cm³/mol. The van der Waals surface area contributed by atoms with Crippen LogP contribution in [0.5, 0.6) is 0 Å². The summed E-state index contributed by atoms with van der Waals surface area (Å²) < 4.78 is 5.00. The molecule has 164 valence electrons. The van der Waals surface area contributed by atoms with Crippen LogP contribution < -0.4 is 10.6 Å². The Hall–Kier alpha value is -3.04. The molecule has 2 aromatic rings. The molecule has 1 aromatic carbocycles. The van der Waals surface area contributed by atoms with E-state index in [0.29, 0.717) is 22.5 Å². The van der Waals surface area contributed by atoms with Gasteiger partial charge in [0.1, 0.15) is 5.00 Å². The minimum absolute atomic E-state index is 0.0567. The highest BCUT2D eigenvalue weighted by Crippen LogP contribution is 2.45. The third-order valence-corrected chi connectivity index (χ3v) is 6.45. The van der Waals surface area contributed by atoms with Gasteiger partial charge in [0, 0.05) is 34.2 Å². The second kappa shape index (κ2) is 8.24. The zero-order chi connectivity index (χ0) is 23.0. The molecule has 8 nitrogen and oxygen atoms in total. The van der Waals surface area contributed by atoms with E-state index >= 15 is 0 Å². The van der Waals surface area contributed by atoms with Crippen LogP contribution >= 0.6 is 11.3 Å². The van der Waals surface area contributed by atoms with Crippen LogP contribution in [-0.4, -0.2) is 29.4 Å². The molecule has 1 aliphatic rings. The molecule has 31 heavy (non-hydrogen) atoms. The molecule has 2 heterocycles. The molecule has 0 spiro atoms. The van der Waals surface area contributed by atoms with E-state index in [0.717, 1.165) is 10.4 Å². The number of nitrogens with zero attached hydrogens (tertiary/aromatic N) is 1. The molecule has 1 aliphatic heterocycles. The number of hydrogen-bond donors (Lipinski definition) is 2.